The number of alkyl halides is 3. The van der Waals surface area contributed by atoms with Crippen LogP contribution in [0.15, 0.2) is 36.4 Å². The average Bonchev–Trinajstić information content (AvgIpc) is 2.68. The molecule has 1 atom stereocenters. The second-order valence-corrected chi connectivity index (χ2v) is 10.9. The Kier molecular flexibility index (Phi) is 6.93. The Balaban J connectivity index is 2.60. The van der Waals surface area contributed by atoms with Crippen molar-refractivity contribution in [2.24, 2.45) is 0 Å². The Morgan fingerprint density at radius 2 is 1.67 bits per heavy atom. The van der Waals surface area contributed by atoms with Gasteiger partial charge in [-0.05, 0) is 56.7 Å². The van der Waals surface area contributed by atoms with E-state index in [0.717, 1.165) is 18.2 Å². The molecule has 0 spiro atoms. The van der Waals surface area contributed by atoms with Gasteiger partial charge in [-0.2, -0.15) is 18.4 Å². The van der Waals surface area contributed by atoms with E-state index in [1.165, 1.54) is 26.8 Å². The van der Waals surface area contributed by atoms with Crippen molar-refractivity contribution < 1.29 is 40.3 Å². The van der Waals surface area contributed by atoms with Crippen LogP contribution in [0.2, 0.25) is 0 Å². The predicted octanol–water partition coefficient (Wildman–Crippen LogP) is 3.89. The molecular weight excluding hydrogens is 471 g/mol. The van der Waals surface area contributed by atoms with Crippen LogP contribution in [0.25, 0.3) is 0 Å². The number of carbonyl (C=O) groups excluding carboxylic acids is 1. The van der Waals surface area contributed by atoms with Gasteiger partial charge < -0.3 is 10.4 Å². The number of hydrogen-bond donors (Lipinski definition) is 2. The third kappa shape index (κ3) is 5.48. The summed E-state index contributed by atoms with van der Waals surface area (Å²) >= 11 is 0. The van der Waals surface area contributed by atoms with E-state index in [4.69, 9.17) is 5.26 Å². The molecule has 0 aromatic heterocycles. The zero-order chi connectivity index (χ0) is 25.4. The summed E-state index contributed by atoms with van der Waals surface area (Å²) in [5.74, 6) is -5.59. The maximum atomic E-state index is 13.8. The third-order valence-corrected chi connectivity index (χ3v) is 7.47. The summed E-state index contributed by atoms with van der Waals surface area (Å²) in [4.78, 5) is 13.0. The quantitative estimate of drug-likeness (QED) is 0.619. The van der Waals surface area contributed by atoms with Crippen LogP contribution in [0.5, 0.6) is 0 Å². The zero-order valence-corrected chi connectivity index (χ0v) is 18.4. The van der Waals surface area contributed by atoms with Crippen LogP contribution >= 0.6 is 0 Å². The number of nitrogens with one attached hydrogen (secondary N) is 1. The van der Waals surface area contributed by atoms with Crippen LogP contribution in [0.4, 0.5) is 27.6 Å². The van der Waals surface area contributed by atoms with Gasteiger partial charge in [-0.1, -0.05) is 6.07 Å². The van der Waals surface area contributed by atoms with Crippen molar-refractivity contribution in [1.29, 1.82) is 5.26 Å². The molecule has 0 radical (unpaired) electrons. The van der Waals surface area contributed by atoms with E-state index in [0.29, 0.717) is 18.2 Å². The van der Waals surface area contributed by atoms with Crippen LogP contribution in [0, 0.1) is 23.0 Å². The van der Waals surface area contributed by atoms with E-state index in [2.05, 4.69) is 0 Å². The maximum absolute atomic E-state index is 13.8. The van der Waals surface area contributed by atoms with Crippen molar-refractivity contribution in [1.82, 2.24) is 0 Å². The Morgan fingerprint density at radius 3 is 2.15 bits per heavy atom. The molecule has 12 heteroatoms. The number of sulfone groups is 1. The fraction of sp³-hybridized carbons (Fsp3) is 0.333. The smallest absolute Gasteiger partial charge is 0.374 e. The topological polar surface area (TPSA) is 107 Å². The van der Waals surface area contributed by atoms with Gasteiger partial charge >= 0.3 is 6.18 Å². The van der Waals surface area contributed by atoms with E-state index in [1.807, 2.05) is 5.32 Å². The van der Waals surface area contributed by atoms with E-state index in [1.54, 1.807) is 0 Å². The van der Waals surface area contributed by atoms with Crippen molar-refractivity contribution in [2.45, 2.75) is 37.3 Å². The van der Waals surface area contributed by atoms with Crippen molar-refractivity contribution in [3.05, 3.63) is 64.7 Å². The molecule has 2 rings (SSSR count). The summed E-state index contributed by atoms with van der Waals surface area (Å²) in [6.07, 6.45) is -4.95. The lowest BCUT2D eigenvalue weighted by Gasteiger charge is -2.31. The summed E-state index contributed by atoms with van der Waals surface area (Å²) in [7, 11) is -4.26. The fourth-order valence-corrected chi connectivity index (χ4v) is 3.99. The molecule has 6 nitrogen and oxygen atoms in total. The minimum atomic E-state index is -4.95. The molecule has 1 unspecified atom stereocenters. The maximum Gasteiger partial charge on any atom is 0.417 e. The van der Waals surface area contributed by atoms with Crippen molar-refractivity contribution in [2.75, 3.05) is 11.1 Å². The Morgan fingerprint density at radius 1 is 1.06 bits per heavy atom. The average molecular weight is 490 g/mol. The molecule has 0 bridgehead atoms. The molecule has 0 aliphatic carbocycles. The van der Waals surface area contributed by atoms with Crippen LogP contribution in [0.3, 0.4) is 0 Å². The largest absolute Gasteiger partial charge is 0.417 e. The lowest BCUT2D eigenvalue weighted by molar-refractivity contribution is -0.138. The first-order valence-corrected chi connectivity index (χ1v) is 10.9. The van der Waals surface area contributed by atoms with Crippen molar-refractivity contribution in [3.63, 3.8) is 0 Å². The summed E-state index contributed by atoms with van der Waals surface area (Å²) in [6.45, 7) is 3.84. The summed E-state index contributed by atoms with van der Waals surface area (Å²) in [6, 6.07) is 5.29. The number of aliphatic hydroxyl groups is 1. The fourth-order valence-electron chi connectivity index (χ4n) is 2.71. The van der Waals surface area contributed by atoms with Gasteiger partial charge in [0.05, 0.1) is 27.7 Å². The van der Waals surface area contributed by atoms with Crippen LogP contribution < -0.4 is 5.32 Å². The highest BCUT2D eigenvalue weighted by Crippen LogP contribution is 2.35. The molecular formula is C21H19F5N2O4S. The minimum Gasteiger partial charge on any atom is -0.374 e. The first kappa shape index (κ1) is 26.2. The lowest BCUT2D eigenvalue weighted by atomic mass is 9.94. The molecule has 0 saturated heterocycles. The molecule has 0 heterocycles. The summed E-state index contributed by atoms with van der Waals surface area (Å²) in [5, 5.41) is 22.0. The second-order valence-electron chi connectivity index (χ2n) is 8.18. The lowest BCUT2D eigenvalue weighted by Crippen LogP contribution is -2.49. The van der Waals surface area contributed by atoms with Gasteiger partial charge in [0.2, 0.25) is 0 Å². The molecule has 2 N–H and O–H groups in total. The number of rotatable bonds is 5. The molecule has 33 heavy (non-hydrogen) atoms. The monoisotopic (exact) mass is 490 g/mol. The van der Waals surface area contributed by atoms with Gasteiger partial charge in [0.25, 0.3) is 5.91 Å². The Hall–Kier alpha value is -3.04. The van der Waals surface area contributed by atoms with Gasteiger partial charge in [0.15, 0.2) is 27.1 Å². The first-order chi connectivity index (χ1) is 14.9. The number of hydrogen-bond acceptors (Lipinski definition) is 5. The van der Waals surface area contributed by atoms with Crippen LogP contribution in [-0.4, -0.2) is 29.9 Å². The van der Waals surface area contributed by atoms with Gasteiger partial charge in [-0.25, -0.2) is 17.2 Å². The number of amides is 1. The Labute approximate surface area is 186 Å². The molecule has 0 saturated carbocycles. The van der Waals surface area contributed by atoms with Gasteiger partial charge in [-0.3, -0.25) is 4.79 Å². The van der Waals surface area contributed by atoms with Gasteiger partial charge in [0.1, 0.15) is 0 Å². The number of nitrogens with zero attached hydrogens (tertiary/aromatic N) is 1. The summed E-state index contributed by atoms with van der Waals surface area (Å²) in [5.41, 5.74) is -6.24. The van der Waals surface area contributed by atoms with E-state index < -0.39 is 72.0 Å². The van der Waals surface area contributed by atoms with Gasteiger partial charge in [-0.15, -0.1) is 0 Å². The molecule has 0 fully saturated rings. The number of anilines is 1. The molecule has 2 aromatic rings. The number of nitriles is 1. The van der Waals surface area contributed by atoms with E-state index >= 15 is 0 Å². The van der Waals surface area contributed by atoms with Crippen molar-refractivity contribution >= 4 is 21.4 Å². The van der Waals surface area contributed by atoms with E-state index in [9.17, 15) is 40.3 Å². The molecule has 2 aromatic carbocycles. The first-order valence-electron chi connectivity index (χ1n) is 9.25. The van der Waals surface area contributed by atoms with Crippen LogP contribution in [0.1, 0.15) is 37.5 Å². The molecule has 0 aliphatic heterocycles. The van der Waals surface area contributed by atoms with Crippen molar-refractivity contribution in [3.8, 4) is 6.07 Å². The van der Waals surface area contributed by atoms with E-state index in [-0.39, 0.29) is 0 Å². The highest BCUT2D eigenvalue weighted by atomic mass is 32.2. The standard InChI is InChI=1S/C21H19F5N2O4S/c1-19(2,3)33(31,32)11-20(30,13-5-7-16(22)17(23)8-13)18(29)28-14-6-4-12(10-27)15(9-14)21(24,25)26/h4-9,30H,11H2,1-3H3,(H,28,29). The second kappa shape index (κ2) is 8.72. The number of benzene rings is 2. The summed E-state index contributed by atoms with van der Waals surface area (Å²) < 4.78 is 90.8. The molecule has 178 valence electrons. The zero-order valence-electron chi connectivity index (χ0n) is 17.6. The normalized spacial score (nSPS) is 14.3. The SMILES string of the molecule is CC(C)(C)S(=O)(=O)CC(O)(C(=O)Nc1ccc(C#N)c(C(F)(F)F)c1)c1ccc(F)c(F)c1. The minimum absolute atomic E-state index is 0.424. The molecule has 0 aliphatic rings. The molecule has 1 amide bonds. The number of carbonyl (C=O) groups is 1. The Bertz CT molecular complexity index is 1230. The predicted molar refractivity (Wildman–Crippen MR) is 109 cm³/mol. The van der Waals surface area contributed by atoms with Crippen LogP contribution in [-0.2, 0) is 26.4 Å². The highest BCUT2D eigenvalue weighted by Gasteiger charge is 2.46. The third-order valence-electron chi connectivity index (χ3n) is 4.81. The van der Waals surface area contributed by atoms with Gasteiger partial charge in [0, 0.05) is 5.69 Å². The highest BCUT2D eigenvalue weighted by molar-refractivity contribution is 7.92. The number of halogens is 5.